The summed E-state index contributed by atoms with van der Waals surface area (Å²) in [5.74, 6) is 0. The van der Waals surface area contributed by atoms with Crippen molar-refractivity contribution in [3.8, 4) is 33.4 Å². The van der Waals surface area contributed by atoms with Crippen LogP contribution in [0.15, 0.2) is 259 Å². The van der Waals surface area contributed by atoms with Crippen molar-refractivity contribution in [3.05, 3.63) is 288 Å². The molecule has 0 fully saturated rings. The van der Waals surface area contributed by atoms with E-state index in [0.29, 0.717) is 0 Å². The van der Waals surface area contributed by atoms with E-state index in [1.54, 1.807) is 0 Å². The van der Waals surface area contributed by atoms with E-state index < -0.39 is 0 Å². The smallest absolute Gasteiger partial charge is 0.136 e. The minimum absolute atomic E-state index is 0.0117. The minimum atomic E-state index is -0.0117. The molecule has 3 heterocycles. The van der Waals surface area contributed by atoms with Crippen LogP contribution in [0.4, 0.5) is 0 Å². The number of rotatable bonds is 0. The van der Waals surface area contributed by atoms with Gasteiger partial charge in [-0.2, -0.15) is 0 Å². The lowest BCUT2D eigenvalue weighted by Crippen LogP contribution is -2.14. The number of hydrogen-bond acceptors (Lipinski definition) is 2. The summed E-state index contributed by atoms with van der Waals surface area (Å²) in [6.45, 7) is 4.71. The lowest BCUT2D eigenvalue weighted by Gasteiger charge is -2.21. The Hall–Kier alpha value is -10.3. The van der Waals surface area contributed by atoms with Crippen LogP contribution in [0.5, 0.6) is 0 Å². The average molecular weight is 1110 g/mol. The molecule has 2 nitrogen and oxygen atoms in total. The average Bonchev–Trinajstić information content (AvgIpc) is 1.67. The summed E-state index contributed by atoms with van der Waals surface area (Å²) >= 11 is 1.94. The second kappa shape index (κ2) is 17.9. The molecule has 86 heavy (non-hydrogen) atoms. The fourth-order valence-electron chi connectivity index (χ4n) is 15.4. The van der Waals surface area contributed by atoms with Crippen molar-refractivity contribution in [1.29, 1.82) is 0 Å². The Balaban J connectivity index is 0.0000000944. The molecule has 0 saturated carbocycles. The number of thiophene rings is 1. The van der Waals surface area contributed by atoms with E-state index in [9.17, 15) is 0 Å². The van der Waals surface area contributed by atoms with Gasteiger partial charge in [0.05, 0.1) is 5.52 Å². The van der Waals surface area contributed by atoms with Crippen molar-refractivity contribution in [1.82, 2.24) is 4.98 Å². The van der Waals surface area contributed by atoms with E-state index in [2.05, 4.69) is 274 Å². The Morgan fingerprint density at radius 1 is 0.326 bits per heavy atom. The molecule has 0 unspecified atom stereocenters. The number of furan rings is 1. The Kier molecular flexibility index (Phi) is 9.99. The molecule has 3 heteroatoms. The first-order valence-electron chi connectivity index (χ1n) is 30.1. The number of aromatic amines is 1. The molecule has 3 aliphatic carbocycles. The van der Waals surface area contributed by atoms with Crippen LogP contribution in [-0.2, 0) is 18.3 Å². The van der Waals surface area contributed by atoms with Crippen molar-refractivity contribution in [2.75, 3.05) is 0 Å². The highest BCUT2D eigenvalue weighted by molar-refractivity contribution is 7.26. The molecular weight excluding hydrogens is 1060 g/mol. The maximum absolute atomic E-state index is 6.26. The van der Waals surface area contributed by atoms with Gasteiger partial charge in [0.25, 0.3) is 0 Å². The van der Waals surface area contributed by atoms with Gasteiger partial charge >= 0.3 is 0 Å². The zero-order valence-corrected chi connectivity index (χ0v) is 48.3. The lowest BCUT2D eigenvalue weighted by molar-refractivity contribution is 0.661. The Morgan fingerprint density at radius 2 is 0.837 bits per heavy atom. The summed E-state index contributed by atoms with van der Waals surface area (Å²) in [7, 11) is 0. The van der Waals surface area contributed by atoms with Crippen LogP contribution >= 0.6 is 11.3 Å². The Bertz CT molecular complexity index is 6000. The lowest BCUT2D eigenvalue weighted by atomic mass is 9.82. The van der Waals surface area contributed by atoms with Crippen molar-refractivity contribution in [2.24, 2.45) is 0 Å². The van der Waals surface area contributed by atoms with E-state index >= 15 is 0 Å². The first kappa shape index (κ1) is 48.1. The van der Waals surface area contributed by atoms with Crippen LogP contribution < -0.4 is 0 Å². The van der Waals surface area contributed by atoms with Gasteiger partial charge in [-0.15, -0.1) is 11.3 Å². The maximum atomic E-state index is 6.26. The van der Waals surface area contributed by atoms with Crippen LogP contribution in [0.25, 0.3) is 162 Å². The summed E-state index contributed by atoms with van der Waals surface area (Å²) in [5, 5.41) is 23.5. The third kappa shape index (κ3) is 7.01. The summed E-state index contributed by atoms with van der Waals surface area (Å²) in [6, 6.07) is 93.7. The minimum Gasteiger partial charge on any atom is -0.456 e. The van der Waals surface area contributed by atoms with Crippen LogP contribution in [0.2, 0.25) is 0 Å². The molecule has 21 rings (SSSR count). The number of H-pyrrole nitrogens is 1. The molecule has 0 atom stereocenters. The van der Waals surface area contributed by atoms with E-state index in [-0.39, 0.29) is 5.41 Å². The standard InChI is InChI=1S/C29H21N.C27H16O.C27H16S/c1-29(2)24-14-12-17-7-3-5-9-19(17)27(24)23-15-22-21-13-11-18-8-4-6-10-20(18)28(21)30-26(22)16-25(23)29;1-2-6-17-11-22-20(9-16(17)5-1)10-21-14-27-25(15-23(21)22)24-12-18-7-3-4-8-19(18)13-26(24)28-27;1-3-7-20-16(5-1)9-10-18-13-19-14-25-24(15-23(19)26(18)20)22-12-11-17-6-2-4-8-21(17)27(22)28-25/h3-16,30H,1-2H3;1-9,11-15H,10H2;1-12,14-15H,13H2. The monoisotopic (exact) mass is 1110 g/mol. The number of aromatic nitrogens is 1. The van der Waals surface area contributed by atoms with Gasteiger partial charge in [-0.25, -0.2) is 0 Å². The quantitative estimate of drug-likeness (QED) is 0.161. The van der Waals surface area contributed by atoms with Gasteiger partial charge in [-0.1, -0.05) is 214 Å². The molecule has 0 amide bonds. The molecule has 0 bridgehead atoms. The summed E-state index contributed by atoms with van der Waals surface area (Å²) < 4.78 is 9.08. The van der Waals surface area contributed by atoms with Gasteiger partial charge < -0.3 is 9.40 Å². The number of nitrogens with one attached hydrogen (secondary N) is 1. The zero-order chi connectivity index (χ0) is 56.5. The second-order valence-corrected chi connectivity index (χ2v) is 25.8. The molecule has 18 aromatic rings. The van der Waals surface area contributed by atoms with Crippen LogP contribution in [0.1, 0.15) is 47.2 Å². The Morgan fingerprint density at radius 3 is 1.59 bits per heavy atom. The van der Waals surface area contributed by atoms with Crippen LogP contribution in [0, 0.1) is 0 Å². The van der Waals surface area contributed by atoms with Crippen molar-refractivity contribution >= 4 is 140 Å². The predicted molar refractivity (Wildman–Crippen MR) is 368 cm³/mol. The topological polar surface area (TPSA) is 28.9 Å². The van der Waals surface area contributed by atoms with Crippen LogP contribution in [-0.4, -0.2) is 4.98 Å². The predicted octanol–water partition coefficient (Wildman–Crippen LogP) is 23.3. The highest BCUT2D eigenvalue weighted by Gasteiger charge is 2.37. The highest BCUT2D eigenvalue weighted by Crippen LogP contribution is 2.54. The van der Waals surface area contributed by atoms with Crippen LogP contribution in [0.3, 0.4) is 0 Å². The van der Waals surface area contributed by atoms with E-state index in [0.717, 1.165) is 24.0 Å². The van der Waals surface area contributed by atoms with Gasteiger partial charge in [0.1, 0.15) is 11.2 Å². The fourth-order valence-corrected chi connectivity index (χ4v) is 16.7. The first-order chi connectivity index (χ1) is 42.3. The Labute approximate surface area is 499 Å². The summed E-state index contributed by atoms with van der Waals surface area (Å²) in [4.78, 5) is 3.75. The van der Waals surface area contributed by atoms with Crippen molar-refractivity contribution < 1.29 is 4.42 Å². The highest BCUT2D eigenvalue weighted by atomic mass is 32.1. The molecule has 402 valence electrons. The summed E-state index contributed by atoms with van der Waals surface area (Å²) in [6.07, 6.45) is 2.02. The van der Waals surface area contributed by atoms with Gasteiger partial charge in [-0.3, -0.25) is 0 Å². The third-order valence-electron chi connectivity index (χ3n) is 19.6. The molecule has 3 aliphatic rings. The molecule has 0 spiro atoms. The molecule has 3 aromatic heterocycles. The van der Waals surface area contributed by atoms with E-state index in [1.807, 2.05) is 11.3 Å². The molecule has 0 saturated heterocycles. The first-order valence-corrected chi connectivity index (χ1v) is 30.9. The molecule has 1 N–H and O–H groups in total. The normalized spacial score (nSPS) is 13.5. The van der Waals surface area contributed by atoms with E-state index in [1.165, 1.54) is 184 Å². The third-order valence-corrected chi connectivity index (χ3v) is 20.8. The van der Waals surface area contributed by atoms with Gasteiger partial charge in [0, 0.05) is 58.0 Å². The van der Waals surface area contributed by atoms with Gasteiger partial charge in [-0.05, 0) is 193 Å². The maximum Gasteiger partial charge on any atom is 0.136 e. The number of hydrogen-bond donors (Lipinski definition) is 1. The van der Waals surface area contributed by atoms with Crippen molar-refractivity contribution in [2.45, 2.75) is 32.1 Å². The number of fused-ring (bicyclic) bond motifs is 28. The van der Waals surface area contributed by atoms with Gasteiger partial charge in [0.2, 0.25) is 0 Å². The molecule has 0 radical (unpaired) electrons. The SMILES string of the molecule is CC1(C)c2cc3[nH]c4c5ccccc5ccc4c3cc2-c2c1ccc1ccccc21.c1ccc2c3c(ccc2c1)Cc1cc2sc4c5ccccc5ccc4c2cc1-3.c1ccc2cc3c(cc2c1)Cc1cc2oc4cc5ccccc5cc4c2cc1-3. The molecule has 15 aromatic carbocycles. The van der Waals surface area contributed by atoms with Crippen molar-refractivity contribution in [3.63, 3.8) is 0 Å². The second-order valence-electron chi connectivity index (χ2n) is 24.7. The fraction of sp³-hybridized carbons (Fsp3) is 0.0602. The molecular formula is C83H53NOS. The molecule has 0 aliphatic heterocycles. The van der Waals surface area contributed by atoms with Gasteiger partial charge in [0.15, 0.2) is 0 Å². The number of benzene rings is 15. The van der Waals surface area contributed by atoms with E-state index in [4.69, 9.17) is 4.42 Å². The summed E-state index contributed by atoms with van der Waals surface area (Å²) in [5.41, 5.74) is 21.3. The largest absolute Gasteiger partial charge is 0.456 e. The zero-order valence-electron chi connectivity index (χ0n) is 47.5.